The quantitative estimate of drug-likeness (QED) is 0.818. The molecule has 6 heteroatoms. The van der Waals surface area contributed by atoms with Crippen LogP contribution in [0.3, 0.4) is 0 Å². The number of aliphatic hydroxyl groups excluding tert-OH is 1. The highest BCUT2D eigenvalue weighted by atomic mass is 35.5. The number of hydrogen-bond donors (Lipinski definition) is 1. The van der Waals surface area contributed by atoms with Crippen LogP contribution in [0.1, 0.15) is 37.0 Å². The average molecular weight is 289 g/mol. The molecule has 0 unspecified atom stereocenters. The lowest BCUT2D eigenvalue weighted by molar-refractivity contribution is 0.0621. The van der Waals surface area contributed by atoms with Crippen LogP contribution in [0.4, 0.5) is 4.39 Å². The Labute approximate surface area is 117 Å². The summed E-state index contributed by atoms with van der Waals surface area (Å²) >= 11 is 5.84. The summed E-state index contributed by atoms with van der Waals surface area (Å²) in [5.74, 6) is -1.01. The van der Waals surface area contributed by atoms with Gasteiger partial charge in [-0.2, -0.15) is 0 Å². The monoisotopic (exact) mass is 288 g/mol. The number of pyridine rings is 1. The lowest BCUT2D eigenvalue weighted by Gasteiger charge is -2.30. The minimum Gasteiger partial charge on any atom is -0.395 e. The van der Waals surface area contributed by atoms with Crippen LogP contribution in [0.25, 0.3) is 0 Å². The van der Waals surface area contributed by atoms with E-state index in [0.717, 1.165) is 25.1 Å². The van der Waals surface area contributed by atoms with E-state index in [0.29, 0.717) is 0 Å². The van der Waals surface area contributed by atoms with E-state index in [1.54, 1.807) is 0 Å². The van der Waals surface area contributed by atoms with Crippen LogP contribution in [-0.4, -0.2) is 40.1 Å². The number of halogens is 2. The zero-order valence-corrected chi connectivity index (χ0v) is 11.8. The van der Waals surface area contributed by atoms with Gasteiger partial charge in [-0.1, -0.05) is 25.4 Å². The fraction of sp³-hybridized carbons (Fsp3) is 0.538. The first-order chi connectivity index (χ1) is 9.04. The Bertz CT molecular complexity index is 439. The maximum absolute atomic E-state index is 13.2. The largest absolute Gasteiger partial charge is 0.395 e. The molecule has 0 saturated heterocycles. The van der Waals surface area contributed by atoms with E-state index in [-0.39, 0.29) is 29.9 Å². The first-order valence-corrected chi connectivity index (χ1v) is 6.65. The topological polar surface area (TPSA) is 53.4 Å². The molecule has 1 rings (SSSR count). The second-order valence-electron chi connectivity index (χ2n) is 4.18. The Morgan fingerprint density at radius 3 is 2.68 bits per heavy atom. The predicted octanol–water partition coefficient (Wildman–Crippen LogP) is 2.50. The molecule has 1 heterocycles. The summed E-state index contributed by atoms with van der Waals surface area (Å²) < 4.78 is 13.2. The highest BCUT2D eigenvalue weighted by Crippen LogP contribution is 2.19. The van der Waals surface area contributed by atoms with E-state index in [9.17, 15) is 9.18 Å². The van der Waals surface area contributed by atoms with Crippen molar-refractivity contribution in [2.24, 2.45) is 0 Å². The fourth-order valence-electron chi connectivity index (χ4n) is 2.01. The zero-order valence-electron chi connectivity index (χ0n) is 11.1. The Morgan fingerprint density at radius 1 is 1.53 bits per heavy atom. The van der Waals surface area contributed by atoms with Gasteiger partial charge in [0.1, 0.15) is 11.0 Å². The Morgan fingerprint density at radius 2 is 2.16 bits per heavy atom. The average Bonchev–Trinajstić information content (AvgIpc) is 2.41. The maximum Gasteiger partial charge on any atom is 0.257 e. The Kier molecular flexibility index (Phi) is 6.18. The molecule has 0 spiro atoms. The lowest BCUT2D eigenvalue weighted by Crippen LogP contribution is -2.41. The van der Waals surface area contributed by atoms with Gasteiger partial charge in [0.05, 0.1) is 18.4 Å². The molecule has 1 N–H and O–H groups in total. The lowest BCUT2D eigenvalue weighted by atomic mass is 10.1. The van der Waals surface area contributed by atoms with Gasteiger partial charge in [0.2, 0.25) is 0 Å². The van der Waals surface area contributed by atoms with Crippen LogP contribution in [0.2, 0.25) is 5.15 Å². The summed E-state index contributed by atoms with van der Waals surface area (Å²) in [5.41, 5.74) is 0.0296. The summed E-state index contributed by atoms with van der Waals surface area (Å²) in [4.78, 5) is 17.5. The van der Waals surface area contributed by atoms with Crippen molar-refractivity contribution in [3.63, 3.8) is 0 Å². The standard InChI is InChI=1S/C13H18ClFN2O2/c1-3-10(4-2)17(5-6-18)13(19)11-7-9(15)8-16-12(11)14/h7-8,10,18H,3-6H2,1-2H3. The van der Waals surface area contributed by atoms with E-state index in [1.807, 2.05) is 13.8 Å². The second-order valence-corrected chi connectivity index (χ2v) is 4.54. The van der Waals surface area contributed by atoms with E-state index < -0.39 is 11.7 Å². The normalized spacial score (nSPS) is 10.8. The highest BCUT2D eigenvalue weighted by molar-refractivity contribution is 6.32. The summed E-state index contributed by atoms with van der Waals surface area (Å²) in [6.45, 7) is 3.95. The molecule has 0 fully saturated rings. The highest BCUT2D eigenvalue weighted by Gasteiger charge is 2.24. The van der Waals surface area contributed by atoms with E-state index in [4.69, 9.17) is 16.7 Å². The molecule has 4 nitrogen and oxygen atoms in total. The van der Waals surface area contributed by atoms with Crippen molar-refractivity contribution in [2.75, 3.05) is 13.2 Å². The first-order valence-electron chi connectivity index (χ1n) is 6.27. The van der Waals surface area contributed by atoms with E-state index in [2.05, 4.69) is 4.98 Å². The molecule has 0 radical (unpaired) electrons. The molecular weight excluding hydrogens is 271 g/mol. The van der Waals surface area contributed by atoms with Crippen molar-refractivity contribution in [1.29, 1.82) is 0 Å². The summed E-state index contributed by atoms with van der Waals surface area (Å²) in [6.07, 6.45) is 2.47. The van der Waals surface area contributed by atoms with Crippen molar-refractivity contribution in [1.82, 2.24) is 9.88 Å². The molecule has 1 amide bonds. The van der Waals surface area contributed by atoms with Gasteiger partial charge in [-0.3, -0.25) is 4.79 Å². The molecule has 0 aromatic carbocycles. The Hall–Kier alpha value is -1.20. The van der Waals surface area contributed by atoms with Crippen LogP contribution in [0, 0.1) is 5.82 Å². The van der Waals surface area contributed by atoms with Crippen molar-refractivity contribution in [2.45, 2.75) is 32.7 Å². The number of rotatable bonds is 6. The van der Waals surface area contributed by atoms with Crippen LogP contribution in [-0.2, 0) is 0 Å². The predicted molar refractivity (Wildman–Crippen MR) is 71.7 cm³/mol. The number of hydrogen-bond acceptors (Lipinski definition) is 3. The van der Waals surface area contributed by atoms with Gasteiger partial charge in [0, 0.05) is 12.6 Å². The van der Waals surface area contributed by atoms with Gasteiger partial charge >= 0.3 is 0 Å². The van der Waals surface area contributed by atoms with Gasteiger partial charge in [-0.15, -0.1) is 0 Å². The van der Waals surface area contributed by atoms with Crippen LogP contribution < -0.4 is 0 Å². The number of aromatic nitrogens is 1. The third kappa shape index (κ3) is 3.88. The first kappa shape index (κ1) is 15.9. The molecular formula is C13H18ClFN2O2. The van der Waals surface area contributed by atoms with Gasteiger partial charge in [-0.25, -0.2) is 9.37 Å². The summed E-state index contributed by atoms with van der Waals surface area (Å²) in [5, 5.41) is 9.05. The molecule has 1 aromatic heterocycles. The fourth-order valence-corrected chi connectivity index (χ4v) is 2.20. The van der Waals surface area contributed by atoms with Crippen molar-refractivity contribution in [3.05, 3.63) is 28.8 Å². The minimum absolute atomic E-state index is 0.0148. The summed E-state index contributed by atoms with van der Waals surface area (Å²) in [7, 11) is 0. The smallest absolute Gasteiger partial charge is 0.257 e. The number of carbonyl (C=O) groups is 1. The number of nitrogens with zero attached hydrogens (tertiary/aromatic N) is 2. The molecule has 0 aliphatic heterocycles. The van der Waals surface area contributed by atoms with Crippen molar-refractivity contribution >= 4 is 17.5 Å². The molecule has 0 bridgehead atoms. The van der Waals surface area contributed by atoms with Crippen LogP contribution in [0.15, 0.2) is 12.3 Å². The SMILES string of the molecule is CCC(CC)N(CCO)C(=O)c1cc(F)cnc1Cl. The molecule has 1 aromatic rings. The van der Waals surface area contributed by atoms with Crippen molar-refractivity contribution in [3.8, 4) is 0 Å². The van der Waals surface area contributed by atoms with Crippen molar-refractivity contribution < 1.29 is 14.3 Å². The maximum atomic E-state index is 13.2. The third-order valence-corrected chi connectivity index (χ3v) is 3.32. The zero-order chi connectivity index (χ0) is 14.4. The molecule has 0 aliphatic carbocycles. The molecule has 0 aliphatic rings. The number of carbonyl (C=O) groups excluding carboxylic acids is 1. The number of amides is 1. The summed E-state index contributed by atoms with van der Waals surface area (Å²) in [6, 6.07) is 1.06. The van der Waals surface area contributed by atoms with E-state index >= 15 is 0 Å². The molecule has 106 valence electrons. The number of aliphatic hydroxyl groups is 1. The van der Waals surface area contributed by atoms with Gasteiger partial charge in [-0.05, 0) is 18.9 Å². The molecule has 0 atom stereocenters. The molecule has 0 saturated carbocycles. The third-order valence-electron chi connectivity index (χ3n) is 3.02. The van der Waals surface area contributed by atoms with Gasteiger partial charge < -0.3 is 10.0 Å². The second kappa shape index (κ2) is 7.40. The van der Waals surface area contributed by atoms with Crippen LogP contribution >= 0.6 is 11.6 Å². The Balaban J connectivity index is 3.08. The van der Waals surface area contributed by atoms with Crippen LogP contribution in [0.5, 0.6) is 0 Å². The van der Waals surface area contributed by atoms with Gasteiger partial charge in [0.25, 0.3) is 5.91 Å². The van der Waals surface area contributed by atoms with Gasteiger partial charge in [0.15, 0.2) is 0 Å². The van der Waals surface area contributed by atoms with E-state index in [1.165, 1.54) is 4.90 Å². The minimum atomic E-state index is -0.610. The molecule has 19 heavy (non-hydrogen) atoms.